The molecule has 8 nitrogen and oxygen atoms in total. The van der Waals surface area contributed by atoms with E-state index >= 15 is 0 Å². The van der Waals surface area contributed by atoms with Crippen molar-refractivity contribution in [2.24, 2.45) is 0 Å². The largest absolute Gasteiger partial charge is 0.351 e. The Labute approximate surface area is 130 Å². The Kier molecular flexibility index (Phi) is 4.33. The third kappa shape index (κ3) is 3.25. The minimum absolute atomic E-state index is 0.0804. The minimum atomic E-state index is -0.0804. The van der Waals surface area contributed by atoms with Gasteiger partial charge in [-0.3, -0.25) is 9.89 Å². The number of fused-ring (bicyclic) bond motifs is 1. The number of aryl methyl sites for hydroxylation is 1. The van der Waals surface area contributed by atoms with Crippen molar-refractivity contribution >= 4 is 23.3 Å². The second-order valence-electron chi connectivity index (χ2n) is 4.54. The third-order valence-corrected chi connectivity index (χ3v) is 3.85. The van der Waals surface area contributed by atoms with Crippen LogP contribution < -0.4 is 5.32 Å². The SMILES string of the molecule is CCc1nc(SCC(=O)NCc2cnn3cccnc23)n[nH]1. The van der Waals surface area contributed by atoms with Gasteiger partial charge in [0, 0.05) is 30.9 Å². The molecule has 9 heteroatoms. The highest BCUT2D eigenvalue weighted by Gasteiger charge is 2.09. The van der Waals surface area contributed by atoms with Gasteiger partial charge in [0.05, 0.1) is 11.9 Å². The lowest BCUT2D eigenvalue weighted by molar-refractivity contribution is -0.118. The number of nitrogens with one attached hydrogen (secondary N) is 2. The molecule has 3 aromatic rings. The van der Waals surface area contributed by atoms with Crippen LogP contribution in [0.2, 0.25) is 0 Å². The molecule has 2 N–H and O–H groups in total. The van der Waals surface area contributed by atoms with Crippen LogP contribution in [0.25, 0.3) is 5.65 Å². The van der Waals surface area contributed by atoms with Crippen LogP contribution in [-0.2, 0) is 17.8 Å². The van der Waals surface area contributed by atoms with Crippen LogP contribution >= 0.6 is 11.8 Å². The standard InChI is InChI=1S/C13H15N7OS/c1-2-10-17-13(19-18-10)22-8-11(21)15-6-9-7-16-20-5-3-4-14-12(9)20/h3-5,7H,2,6,8H2,1H3,(H,15,21)(H,17,18,19). The van der Waals surface area contributed by atoms with E-state index in [1.165, 1.54) is 11.8 Å². The number of carbonyl (C=O) groups is 1. The number of hydrogen-bond donors (Lipinski definition) is 2. The van der Waals surface area contributed by atoms with Gasteiger partial charge < -0.3 is 5.32 Å². The summed E-state index contributed by atoms with van der Waals surface area (Å²) in [5, 5.41) is 14.5. The van der Waals surface area contributed by atoms with E-state index in [1.807, 2.05) is 13.1 Å². The van der Waals surface area contributed by atoms with Crippen molar-refractivity contribution in [1.29, 1.82) is 0 Å². The van der Waals surface area contributed by atoms with Crippen LogP contribution in [-0.4, -0.2) is 41.4 Å². The molecule has 3 aromatic heterocycles. The molecule has 0 bridgehead atoms. The minimum Gasteiger partial charge on any atom is -0.351 e. The Morgan fingerprint density at radius 2 is 2.41 bits per heavy atom. The zero-order valence-electron chi connectivity index (χ0n) is 12.0. The van der Waals surface area contributed by atoms with Gasteiger partial charge >= 0.3 is 0 Å². The Hall–Kier alpha value is -2.42. The number of rotatable bonds is 6. The molecule has 0 aromatic carbocycles. The number of amides is 1. The van der Waals surface area contributed by atoms with Crippen molar-refractivity contribution in [3.05, 3.63) is 36.0 Å². The normalized spacial score (nSPS) is 11.0. The molecule has 0 aliphatic heterocycles. The van der Waals surface area contributed by atoms with Crippen molar-refractivity contribution < 1.29 is 4.79 Å². The maximum atomic E-state index is 11.9. The monoisotopic (exact) mass is 317 g/mol. The van der Waals surface area contributed by atoms with Crippen molar-refractivity contribution in [3.63, 3.8) is 0 Å². The van der Waals surface area contributed by atoms with Crippen molar-refractivity contribution in [2.45, 2.75) is 25.0 Å². The van der Waals surface area contributed by atoms with E-state index in [0.717, 1.165) is 23.5 Å². The van der Waals surface area contributed by atoms with E-state index in [2.05, 4.69) is 30.6 Å². The Bertz CT molecular complexity index is 781. The summed E-state index contributed by atoms with van der Waals surface area (Å²) in [5.41, 5.74) is 1.63. The molecule has 0 saturated carbocycles. The van der Waals surface area contributed by atoms with Crippen LogP contribution in [0.4, 0.5) is 0 Å². The molecule has 3 heterocycles. The molecule has 22 heavy (non-hydrogen) atoms. The summed E-state index contributed by atoms with van der Waals surface area (Å²) in [5.74, 6) is 1.01. The highest BCUT2D eigenvalue weighted by Crippen LogP contribution is 2.12. The van der Waals surface area contributed by atoms with Crippen LogP contribution in [0.1, 0.15) is 18.3 Å². The van der Waals surface area contributed by atoms with Crippen molar-refractivity contribution in [2.75, 3.05) is 5.75 Å². The molecule has 0 spiro atoms. The second-order valence-corrected chi connectivity index (χ2v) is 5.48. The number of aromatic amines is 1. The molecular weight excluding hydrogens is 302 g/mol. The lowest BCUT2D eigenvalue weighted by atomic mass is 10.3. The van der Waals surface area contributed by atoms with Crippen molar-refractivity contribution in [3.8, 4) is 0 Å². The van der Waals surface area contributed by atoms with Gasteiger partial charge in [0.1, 0.15) is 5.82 Å². The Morgan fingerprint density at radius 3 is 3.23 bits per heavy atom. The molecule has 0 unspecified atom stereocenters. The van der Waals surface area contributed by atoms with Crippen molar-refractivity contribution in [1.82, 2.24) is 35.1 Å². The number of aromatic nitrogens is 6. The average molecular weight is 317 g/mol. The number of H-pyrrole nitrogens is 1. The first-order chi connectivity index (χ1) is 10.8. The molecule has 3 rings (SSSR count). The summed E-state index contributed by atoms with van der Waals surface area (Å²) < 4.78 is 1.68. The zero-order valence-corrected chi connectivity index (χ0v) is 12.8. The first-order valence-electron chi connectivity index (χ1n) is 6.84. The summed E-state index contributed by atoms with van der Waals surface area (Å²) in [6, 6.07) is 1.81. The van der Waals surface area contributed by atoms with Gasteiger partial charge in [-0.15, -0.1) is 5.10 Å². The van der Waals surface area contributed by atoms with Gasteiger partial charge in [-0.1, -0.05) is 18.7 Å². The first kappa shape index (κ1) is 14.5. The first-order valence-corrected chi connectivity index (χ1v) is 7.83. The van der Waals surface area contributed by atoms with Gasteiger partial charge in [0.25, 0.3) is 0 Å². The predicted octanol–water partition coefficient (Wildman–Crippen LogP) is 0.818. The third-order valence-electron chi connectivity index (χ3n) is 3.01. The number of thioether (sulfide) groups is 1. The predicted molar refractivity (Wildman–Crippen MR) is 81.3 cm³/mol. The molecule has 1 amide bonds. The summed E-state index contributed by atoms with van der Waals surface area (Å²) in [7, 11) is 0. The van der Waals surface area contributed by atoms with Crippen LogP contribution in [0.5, 0.6) is 0 Å². The van der Waals surface area contributed by atoms with Crippen LogP contribution in [0.15, 0.2) is 29.8 Å². The molecule has 0 aliphatic carbocycles. The smallest absolute Gasteiger partial charge is 0.230 e. The van der Waals surface area contributed by atoms with Crippen LogP contribution in [0.3, 0.4) is 0 Å². The molecule has 0 saturated heterocycles. The molecule has 0 fully saturated rings. The second kappa shape index (κ2) is 6.56. The summed E-state index contributed by atoms with van der Waals surface area (Å²) in [4.78, 5) is 20.4. The quantitative estimate of drug-likeness (QED) is 0.653. The van der Waals surface area contributed by atoms with E-state index in [4.69, 9.17) is 0 Å². The highest BCUT2D eigenvalue weighted by atomic mass is 32.2. The average Bonchev–Trinajstić information content (AvgIpc) is 3.17. The topological polar surface area (TPSA) is 101 Å². The van der Waals surface area contributed by atoms with Gasteiger partial charge in [-0.25, -0.2) is 14.5 Å². The lowest BCUT2D eigenvalue weighted by Gasteiger charge is -2.02. The molecule has 0 aliphatic rings. The van der Waals surface area contributed by atoms with E-state index < -0.39 is 0 Å². The van der Waals surface area contributed by atoms with Gasteiger partial charge in [0.2, 0.25) is 11.1 Å². The molecule has 114 valence electrons. The fraction of sp³-hybridized carbons (Fsp3) is 0.308. The van der Waals surface area contributed by atoms with Gasteiger partial charge in [0.15, 0.2) is 5.65 Å². The summed E-state index contributed by atoms with van der Waals surface area (Å²) in [6.07, 6.45) is 6.02. The summed E-state index contributed by atoms with van der Waals surface area (Å²) in [6.45, 7) is 2.39. The lowest BCUT2D eigenvalue weighted by Crippen LogP contribution is -2.24. The maximum absolute atomic E-state index is 11.9. The van der Waals surface area contributed by atoms with E-state index in [0.29, 0.717) is 11.7 Å². The van der Waals surface area contributed by atoms with Crippen LogP contribution in [0, 0.1) is 0 Å². The fourth-order valence-electron chi connectivity index (χ4n) is 1.88. The molecule has 0 radical (unpaired) electrons. The highest BCUT2D eigenvalue weighted by molar-refractivity contribution is 7.99. The van der Waals surface area contributed by atoms with Gasteiger partial charge in [-0.2, -0.15) is 5.10 Å². The Balaban J connectivity index is 1.52. The Morgan fingerprint density at radius 1 is 1.50 bits per heavy atom. The molecular formula is C13H15N7OS. The zero-order chi connectivity index (χ0) is 15.4. The van der Waals surface area contributed by atoms with E-state index in [-0.39, 0.29) is 11.7 Å². The number of nitrogens with zero attached hydrogens (tertiary/aromatic N) is 5. The van der Waals surface area contributed by atoms with E-state index in [9.17, 15) is 4.79 Å². The van der Waals surface area contributed by atoms with Gasteiger partial charge in [-0.05, 0) is 6.07 Å². The number of carbonyl (C=O) groups excluding carboxylic acids is 1. The fourth-order valence-corrected chi connectivity index (χ4v) is 2.52. The van der Waals surface area contributed by atoms with E-state index in [1.54, 1.807) is 23.0 Å². The molecule has 0 atom stereocenters. The summed E-state index contributed by atoms with van der Waals surface area (Å²) >= 11 is 1.30. The number of hydrogen-bond acceptors (Lipinski definition) is 6. The maximum Gasteiger partial charge on any atom is 0.230 e.